The van der Waals surface area contributed by atoms with Crippen LogP contribution >= 0.6 is 0 Å². The standard InChI is InChI=1S/C17H26O3Si/c1-6-7-9-12-16(15(18)19-2)14-11-8-10-13-17(14,16)20-21(3,4)5/h6-7,9-10,13-14H,1,8,11-12H2,2-5H3/b9-7+/t14-,16-,17+/m1/s1. The third-order valence-electron chi connectivity index (χ3n) is 4.45. The average Bonchev–Trinajstić information content (AvgIpc) is 2.98. The molecule has 0 unspecified atom stereocenters. The van der Waals surface area contributed by atoms with Gasteiger partial charge in [-0.05, 0) is 38.9 Å². The molecule has 2 rings (SSSR count). The summed E-state index contributed by atoms with van der Waals surface area (Å²) in [6, 6.07) is 0. The zero-order valence-electron chi connectivity index (χ0n) is 13.5. The Morgan fingerprint density at radius 3 is 2.76 bits per heavy atom. The molecule has 0 aromatic rings. The Morgan fingerprint density at radius 2 is 2.19 bits per heavy atom. The van der Waals surface area contributed by atoms with Crippen molar-refractivity contribution in [3.63, 3.8) is 0 Å². The Labute approximate surface area is 128 Å². The fourth-order valence-electron chi connectivity index (χ4n) is 3.78. The predicted octanol–water partition coefficient (Wildman–Crippen LogP) is 3.85. The highest BCUT2D eigenvalue weighted by atomic mass is 28.4. The van der Waals surface area contributed by atoms with Crippen LogP contribution in [0.15, 0.2) is 37.0 Å². The molecule has 0 heterocycles. The second-order valence-electron chi connectivity index (χ2n) is 6.87. The Hall–Kier alpha value is -1.13. The monoisotopic (exact) mass is 306 g/mol. The van der Waals surface area contributed by atoms with Crippen LogP contribution in [-0.2, 0) is 14.0 Å². The Morgan fingerprint density at radius 1 is 1.48 bits per heavy atom. The Bertz CT molecular complexity index is 489. The van der Waals surface area contributed by atoms with E-state index in [4.69, 9.17) is 9.16 Å². The van der Waals surface area contributed by atoms with Gasteiger partial charge in [0.1, 0.15) is 5.41 Å². The molecule has 0 bridgehead atoms. The molecule has 0 aromatic carbocycles. The molecule has 3 atom stereocenters. The lowest BCUT2D eigenvalue weighted by molar-refractivity contribution is -0.149. The lowest BCUT2D eigenvalue weighted by Gasteiger charge is -2.29. The number of hydrogen-bond acceptors (Lipinski definition) is 3. The molecule has 2 aliphatic carbocycles. The van der Waals surface area contributed by atoms with Crippen LogP contribution in [0.2, 0.25) is 19.6 Å². The number of ether oxygens (including phenoxy) is 1. The third-order valence-corrected chi connectivity index (χ3v) is 5.40. The number of methoxy groups -OCH3 is 1. The minimum Gasteiger partial charge on any atom is -0.468 e. The van der Waals surface area contributed by atoms with Crippen LogP contribution in [0.25, 0.3) is 0 Å². The van der Waals surface area contributed by atoms with Crippen molar-refractivity contribution in [1.29, 1.82) is 0 Å². The molecule has 0 aromatic heterocycles. The van der Waals surface area contributed by atoms with Gasteiger partial charge in [-0.2, -0.15) is 0 Å². The number of esters is 1. The quantitative estimate of drug-likeness (QED) is 0.324. The van der Waals surface area contributed by atoms with E-state index in [-0.39, 0.29) is 11.9 Å². The maximum Gasteiger partial charge on any atom is 0.315 e. The van der Waals surface area contributed by atoms with Crippen LogP contribution in [0, 0.1) is 11.3 Å². The molecule has 0 radical (unpaired) electrons. The van der Waals surface area contributed by atoms with Crippen molar-refractivity contribution < 1.29 is 14.0 Å². The van der Waals surface area contributed by atoms with Crippen LogP contribution in [0.1, 0.15) is 19.3 Å². The topological polar surface area (TPSA) is 35.5 Å². The highest BCUT2D eigenvalue weighted by Gasteiger charge is 2.81. The molecule has 1 fully saturated rings. The van der Waals surface area contributed by atoms with E-state index in [0.717, 1.165) is 12.8 Å². The molecule has 2 aliphatic rings. The SMILES string of the molecule is C=C/C=C/C[C@]1(C(=O)OC)[C@H]2CCC=C[C@]21O[Si](C)(C)C. The predicted molar refractivity (Wildman–Crippen MR) is 87.4 cm³/mol. The largest absolute Gasteiger partial charge is 0.468 e. The van der Waals surface area contributed by atoms with Gasteiger partial charge in [0.2, 0.25) is 0 Å². The van der Waals surface area contributed by atoms with Crippen LogP contribution < -0.4 is 0 Å². The highest BCUT2D eigenvalue weighted by molar-refractivity contribution is 6.70. The van der Waals surface area contributed by atoms with E-state index in [1.54, 1.807) is 6.08 Å². The first-order valence-corrected chi connectivity index (χ1v) is 11.0. The van der Waals surface area contributed by atoms with Gasteiger partial charge in [0.05, 0.1) is 12.7 Å². The molecule has 21 heavy (non-hydrogen) atoms. The number of rotatable bonds is 6. The van der Waals surface area contributed by atoms with Crippen LogP contribution in [0.5, 0.6) is 0 Å². The summed E-state index contributed by atoms with van der Waals surface area (Å²) in [4.78, 5) is 12.6. The van der Waals surface area contributed by atoms with Crippen LogP contribution in [-0.4, -0.2) is 27.0 Å². The first-order valence-electron chi connectivity index (χ1n) is 7.58. The van der Waals surface area contributed by atoms with Crippen LogP contribution in [0.3, 0.4) is 0 Å². The van der Waals surface area contributed by atoms with Crippen molar-refractivity contribution in [3.8, 4) is 0 Å². The summed E-state index contributed by atoms with van der Waals surface area (Å²) >= 11 is 0. The molecular formula is C17H26O3Si. The summed E-state index contributed by atoms with van der Waals surface area (Å²) in [5.74, 6) is 0.0784. The average molecular weight is 306 g/mol. The van der Waals surface area contributed by atoms with E-state index in [0.29, 0.717) is 6.42 Å². The lowest BCUT2D eigenvalue weighted by atomic mass is 9.95. The van der Waals surface area contributed by atoms with Gasteiger partial charge in [0.25, 0.3) is 0 Å². The number of hydrogen-bond donors (Lipinski definition) is 0. The summed E-state index contributed by atoms with van der Waals surface area (Å²) in [5, 5.41) is 0. The van der Waals surface area contributed by atoms with Crippen molar-refractivity contribution in [1.82, 2.24) is 0 Å². The molecule has 1 saturated carbocycles. The molecule has 0 amide bonds. The molecule has 0 spiro atoms. The molecule has 0 aliphatic heterocycles. The number of allylic oxidation sites excluding steroid dienone is 4. The third kappa shape index (κ3) is 2.55. The van der Waals surface area contributed by atoms with E-state index in [1.807, 2.05) is 12.2 Å². The fraction of sp³-hybridized carbons (Fsp3) is 0.588. The number of carbonyl (C=O) groups excluding carboxylic acids is 1. The van der Waals surface area contributed by atoms with Gasteiger partial charge in [-0.15, -0.1) is 0 Å². The van der Waals surface area contributed by atoms with Crippen molar-refractivity contribution >= 4 is 14.3 Å². The first-order chi connectivity index (χ1) is 9.84. The van der Waals surface area contributed by atoms with E-state index in [9.17, 15) is 4.79 Å². The zero-order chi connectivity index (χ0) is 15.7. The van der Waals surface area contributed by atoms with Gasteiger partial charge in [-0.25, -0.2) is 0 Å². The van der Waals surface area contributed by atoms with Crippen molar-refractivity contribution in [2.24, 2.45) is 11.3 Å². The first kappa shape index (κ1) is 16.2. The molecule has 116 valence electrons. The summed E-state index contributed by atoms with van der Waals surface area (Å²) in [5.41, 5.74) is -1.02. The smallest absolute Gasteiger partial charge is 0.315 e. The second kappa shape index (κ2) is 5.58. The minimum absolute atomic E-state index is 0.147. The molecule has 3 nitrogen and oxygen atoms in total. The van der Waals surface area contributed by atoms with E-state index < -0.39 is 19.3 Å². The molecule has 0 N–H and O–H groups in total. The van der Waals surface area contributed by atoms with Crippen LogP contribution in [0.4, 0.5) is 0 Å². The second-order valence-corrected chi connectivity index (χ2v) is 11.3. The lowest BCUT2D eigenvalue weighted by Crippen LogP contribution is -2.39. The summed E-state index contributed by atoms with van der Waals surface area (Å²) in [6.45, 7) is 10.2. The normalized spacial score (nSPS) is 34.6. The van der Waals surface area contributed by atoms with Gasteiger partial charge in [0, 0.05) is 5.92 Å². The van der Waals surface area contributed by atoms with Crippen molar-refractivity contribution in [2.75, 3.05) is 7.11 Å². The van der Waals surface area contributed by atoms with Gasteiger partial charge in [-0.1, -0.05) is 37.0 Å². The fourth-order valence-corrected chi connectivity index (χ4v) is 5.19. The maximum atomic E-state index is 12.6. The Kier molecular flexibility index (Phi) is 4.31. The molecule has 4 heteroatoms. The summed E-state index contributed by atoms with van der Waals surface area (Å²) < 4.78 is 11.6. The van der Waals surface area contributed by atoms with E-state index in [2.05, 4.69) is 38.4 Å². The zero-order valence-corrected chi connectivity index (χ0v) is 14.5. The number of fused-ring (bicyclic) bond motifs is 1. The summed E-state index contributed by atoms with van der Waals surface area (Å²) in [6.07, 6.45) is 12.5. The Balaban J connectivity index is 2.40. The van der Waals surface area contributed by atoms with Gasteiger partial charge < -0.3 is 9.16 Å². The minimum atomic E-state index is -1.77. The maximum absolute atomic E-state index is 12.6. The van der Waals surface area contributed by atoms with Crippen molar-refractivity contribution in [3.05, 3.63) is 37.0 Å². The van der Waals surface area contributed by atoms with E-state index >= 15 is 0 Å². The highest BCUT2D eigenvalue weighted by Crippen LogP contribution is 2.71. The van der Waals surface area contributed by atoms with Crippen molar-refractivity contribution in [2.45, 2.75) is 44.5 Å². The number of carbonyl (C=O) groups is 1. The van der Waals surface area contributed by atoms with E-state index in [1.165, 1.54) is 7.11 Å². The van der Waals surface area contributed by atoms with Gasteiger partial charge in [0.15, 0.2) is 8.32 Å². The molecular weight excluding hydrogens is 280 g/mol. The summed E-state index contributed by atoms with van der Waals surface area (Å²) in [7, 11) is -0.304. The van der Waals surface area contributed by atoms with Gasteiger partial charge >= 0.3 is 5.97 Å². The molecule has 0 saturated heterocycles. The van der Waals surface area contributed by atoms with Gasteiger partial charge in [-0.3, -0.25) is 4.79 Å².